The highest BCUT2D eigenvalue weighted by atomic mass is 35.5. The average molecular weight is 281 g/mol. The van der Waals surface area contributed by atoms with Crippen molar-refractivity contribution in [3.63, 3.8) is 0 Å². The summed E-state index contributed by atoms with van der Waals surface area (Å²) in [5, 5.41) is 23.2. The predicted molar refractivity (Wildman–Crippen MR) is 73.2 cm³/mol. The molecule has 102 valence electrons. The quantitative estimate of drug-likeness (QED) is 0.939. The Balaban J connectivity index is 2.52. The van der Waals surface area contributed by atoms with Gasteiger partial charge in [-0.05, 0) is 33.8 Å². The number of halogens is 1. The largest absolute Gasteiger partial charge is 0.382 e. The molecule has 2 aromatic rings. The third-order valence-electron chi connectivity index (χ3n) is 2.97. The molecule has 0 aliphatic carbocycles. The maximum absolute atomic E-state index is 10.6. The van der Waals surface area contributed by atoms with Crippen LogP contribution in [0.3, 0.4) is 0 Å². The molecule has 1 unspecified atom stereocenters. The molecule has 0 spiro atoms. The van der Waals surface area contributed by atoms with Crippen molar-refractivity contribution in [3.8, 4) is 0 Å². The van der Waals surface area contributed by atoms with Crippen LogP contribution in [-0.2, 0) is 0 Å². The molecule has 0 saturated carbocycles. The standard InChI is InChI=1S/C13H17ClN4O/c1-7(2)18-12(11(14)6-15-18)13(19)10-5-8(3)16-17-9(10)4/h5-7,13,19H,1-4H3. The van der Waals surface area contributed by atoms with Crippen LogP contribution in [0.1, 0.15) is 48.6 Å². The van der Waals surface area contributed by atoms with Crippen LogP contribution < -0.4 is 0 Å². The average Bonchev–Trinajstić information content (AvgIpc) is 2.73. The van der Waals surface area contributed by atoms with Crippen LogP contribution in [0.25, 0.3) is 0 Å². The molecule has 0 aliphatic rings. The summed E-state index contributed by atoms with van der Waals surface area (Å²) in [7, 11) is 0. The Bertz CT molecular complexity index is 594. The first-order valence-electron chi connectivity index (χ1n) is 6.13. The minimum absolute atomic E-state index is 0.119. The van der Waals surface area contributed by atoms with Gasteiger partial charge in [0.1, 0.15) is 6.10 Å². The zero-order chi connectivity index (χ0) is 14.2. The summed E-state index contributed by atoms with van der Waals surface area (Å²) in [4.78, 5) is 0. The minimum Gasteiger partial charge on any atom is -0.382 e. The van der Waals surface area contributed by atoms with Gasteiger partial charge >= 0.3 is 0 Å². The monoisotopic (exact) mass is 280 g/mol. The van der Waals surface area contributed by atoms with Gasteiger partial charge in [-0.2, -0.15) is 15.3 Å². The Morgan fingerprint density at radius 2 is 1.95 bits per heavy atom. The van der Waals surface area contributed by atoms with Crippen molar-refractivity contribution in [2.45, 2.75) is 39.8 Å². The Kier molecular flexibility index (Phi) is 3.87. The van der Waals surface area contributed by atoms with Gasteiger partial charge in [0.2, 0.25) is 0 Å². The van der Waals surface area contributed by atoms with Crippen molar-refractivity contribution in [3.05, 3.63) is 39.9 Å². The Labute approximate surface area is 117 Å². The summed E-state index contributed by atoms with van der Waals surface area (Å²) in [5.41, 5.74) is 2.74. The van der Waals surface area contributed by atoms with E-state index in [0.717, 1.165) is 5.69 Å². The zero-order valence-electron chi connectivity index (χ0n) is 11.4. The maximum Gasteiger partial charge on any atom is 0.124 e. The molecule has 0 fully saturated rings. The van der Waals surface area contributed by atoms with Crippen LogP contribution in [0.4, 0.5) is 0 Å². The molecule has 0 aliphatic heterocycles. The second kappa shape index (κ2) is 5.27. The van der Waals surface area contributed by atoms with E-state index in [4.69, 9.17) is 11.6 Å². The lowest BCUT2D eigenvalue weighted by Crippen LogP contribution is -2.14. The Morgan fingerprint density at radius 3 is 2.58 bits per heavy atom. The third kappa shape index (κ3) is 2.62. The molecule has 1 atom stereocenters. The predicted octanol–water partition coefficient (Wildman–Crippen LogP) is 2.61. The molecule has 6 heteroatoms. The first-order chi connectivity index (χ1) is 8.91. The second-order valence-electron chi connectivity index (χ2n) is 4.85. The van der Waals surface area contributed by atoms with Crippen molar-refractivity contribution < 1.29 is 5.11 Å². The fraction of sp³-hybridized carbons (Fsp3) is 0.462. The molecule has 0 saturated heterocycles. The normalized spacial score (nSPS) is 13.0. The fourth-order valence-electron chi connectivity index (χ4n) is 2.01. The highest BCUT2D eigenvalue weighted by Crippen LogP contribution is 2.31. The lowest BCUT2D eigenvalue weighted by atomic mass is 10.0. The zero-order valence-corrected chi connectivity index (χ0v) is 12.2. The van der Waals surface area contributed by atoms with Gasteiger partial charge in [0.15, 0.2) is 0 Å². The summed E-state index contributed by atoms with van der Waals surface area (Å²) < 4.78 is 1.72. The summed E-state index contributed by atoms with van der Waals surface area (Å²) in [6.45, 7) is 7.63. The fourth-order valence-corrected chi connectivity index (χ4v) is 2.25. The molecule has 19 heavy (non-hydrogen) atoms. The molecule has 0 aromatic carbocycles. The van der Waals surface area contributed by atoms with Crippen molar-refractivity contribution >= 4 is 11.6 Å². The number of hydrogen-bond donors (Lipinski definition) is 1. The number of aliphatic hydroxyl groups excluding tert-OH is 1. The summed E-state index contributed by atoms with van der Waals surface area (Å²) in [5.74, 6) is 0. The summed E-state index contributed by atoms with van der Waals surface area (Å²) in [6.07, 6.45) is 0.697. The number of rotatable bonds is 3. The molecule has 5 nitrogen and oxygen atoms in total. The van der Waals surface area contributed by atoms with Crippen LogP contribution in [0.5, 0.6) is 0 Å². The molecule has 0 amide bonds. The van der Waals surface area contributed by atoms with E-state index in [1.54, 1.807) is 10.9 Å². The molecule has 2 heterocycles. The summed E-state index contributed by atoms with van der Waals surface area (Å²) >= 11 is 6.15. The molecule has 2 rings (SSSR count). The maximum atomic E-state index is 10.6. The van der Waals surface area contributed by atoms with Crippen molar-refractivity contribution in [2.75, 3.05) is 0 Å². The van der Waals surface area contributed by atoms with Gasteiger partial charge in [0.25, 0.3) is 0 Å². The Morgan fingerprint density at radius 1 is 1.26 bits per heavy atom. The van der Waals surface area contributed by atoms with Gasteiger partial charge in [0, 0.05) is 11.6 Å². The van der Waals surface area contributed by atoms with E-state index >= 15 is 0 Å². The van der Waals surface area contributed by atoms with Crippen molar-refractivity contribution in [1.29, 1.82) is 0 Å². The number of hydrogen-bond acceptors (Lipinski definition) is 4. The highest BCUT2D eigenvalue weighted by Gasteiger charge is 2.23. The summed E-state index contributed by atoms with van der Waals surface area (Å²) in [6, 6.07) is 1.94. The number of aliphatic hydroxyl groups is 1. The topological polar surface area (TPSA) is 63.8 Å². The van der Waals surface area contributed by atoms with Crippen LogP contribution >= 0.6 is 11.6 Å². The molecule has 1 N–H and O–H groups in total. The Hall–Kier alpha value is -1.46. The highest BCUT2D eigenvalue weighted by molar-refractivity contribution is 6.31. The van der Waals surface area contributed by atoms with Crippen LogP contribution in [0.15, 0.2) is 12.3 Å². The lowest BCUT2D eigenvalue weighted by molar-refractivity contribution is 0.203. The molecule has 2 aromatic heterocycles. The van der Waals surface area contributed by atoms with E-state index in [-0.39, 0.29) is 6.04 Å². The molecule has 0 radical (unpaired) electrons. The van der Waals surface area contributed by atoms with E-state index in [9.17, 15) is 5.11 Å². The second-order valence-corrected chi connectivity index (χ2v) is 5.25. The van der Waals surface area contributed by atoms with Gasteiger partial charge in [-0.25, -0.2) is 0 Å². The van der Waals surface area contributed by atoms with Gasteiger partial charge < -0.3 is 5.11 Å². The van der Waals surface area contributed by atoms with Crippen molar-refractivity contribution in [2.24, 2.45) is 0 Å². The van der Waals surface area contributed by atoms with Crippen LogP contribution in [0, 0.1) is 13.8 Å². The number of nitrogens with zero attached hydrogens (tertiary/aromatic N) is 4. The van der Waals surface area contributed by atoms with E-state index in [2.05, 4.69) is 15.3 Å². The first kappa shape index (κ1) is 14.0. The molecular formula is C13H17ClN4O. The number of aromatic nitrogens is 4. The van der Waals surface area contributed by atoms with Gasteiger partial charge in [-0.15, -0.1) is 0 Å². The van der Waals surface area contributed by atoms with E-state index < -0.39 is 6.10 Å². The van der Waals surface area contributed by atoms with E-state index in [1.807, 2.05) is 33.8 Å². The van der Waals surface area contributed by atoms with Gasteiger partial charge in [-0.1, -0.05) is 11.6 Å². The minimum atomic E-state index is -0.855. The van der Waals surface area contributed by atoms with Crippen LogP contribution in [-0.4, -0.2) is 25.1 Å². The first-order valence-corrected chi connectivity index (χ1v) is 6.51. The molecular weight excluding hydrogens is 264 g/mol. The van der Waals surface area contributed by atoms with E-state index in [0.29, 0.717) is 22.0 Å². The van der Waals surface area contributed by atoms with Gasteiger partial charge in [0.05, 0.1) is 28.3 Å². The number of aryl methyl sites for hydroxylation is 2. The SMILES string of the molecule is Cc1cc(C(O)c2c(Cl)cnn2C(C)C)c(C)nn1. The van der Waals surface area contributed by atoms with E-state index in [1.165, 1.54) is 0 Å². The van der Waals surface area contributed by atoms with Gasteiger partial charge in [-0.3, -0.25) is 4.68 Å². The molecule has 0 bridgehead atoms. The smallest absolute Gasteiger partial charge is 0.124 e. The third-order valence-corrected chi connectivity index (χ3v) is 3.26. The lowest BCUT2D eigenvalue weighted by Gasteiger charge is -2.18. The van der Waals surface area contributed by atoms with Crippen LogP contribution in [0.2, 0.25) is 5.02 Å². The van der Waals surface area contributed by atoms with Crippen molar-refractivity contribution in [1.82, 2.24) is 20.0 Å².